The van der Waals surface area contributed by atoms with Crippen LogP contribution >= 0.6 is 33.9 Å². The van der Waals surface area contributed by atoms with Gasteiger partial charge < -0.3 is 0 Å². The lowest BCUT2D eigenvalue weighted by molar-refractivity contribution is -0.125. The van der Waals surface area contributed by atoms with Crippen LogP contribution in [-0.2, 0) is 4.79 Å². The maximum atomic E-state index is 11.8. The number of hydrogen-bond donors (Lipinski definition) is 0. The molecule has 0 atom stereocenters. The Kier molecular flexibility index (Phi) is 2.87. The zero-order valence-corrected chi connectivity index (χ0v) is 10.3. The van der Waals surface area contributed by atoms with Crippen LogP contribution in [0, 0.1) is 2.88 Å². The van der Waals surface area contributed by atoms with Gasteiger partial charge in [-0.15, -0.1) is 11.3 Å². The van der Waals surface area contributed by atoms with E-state index in [9.17, 15) is 9.59 Å². The van der Waals surface area contributed by atoms with E-state index in [2.05, 4.69) is 22.6 Å². The molecule has 1 aliphatic rings. The van der Waals surface area contributed by atoms with Gasteiger partial charge >= 0.3 is 0 Å². The first-order valence-electron chi connectivity index (χ1n) is 4.27. The molecule has 1 fully saturated rings. The molecule has 1 aliphatic heterocycles. The number of amides is 2. The summed E-state index contributed by atoms with van der Waals surface area (Å²) in [6.45, 7) is 0.574. The van der Waals surface area contributed by atoms with Gasteiger partial charge in [0.05, 0.1) is 8.45 Å². The van der Waals surface area contributed by atoms with Gasteiger partial charge in [0.1, 0.15) is 0 Å². The lowest BCUT2D eigenvalue weighted by Gasteiger charge is -2.11. The third kappa shape index (κ3) is 1.83. The zero-order chi connectivity index (χ0) is 10.1. The molecule has 0 spiro atoms. The van der Waals surface area contributed by atoms with Crippen molar-refractivity contribution in [3.8, 4) is 0 Å². The predicted octanol–water partition coefficient (Wildman–Crippen LogP) is 2.12. The molecule has 14 heavy (non-hydrogen) atoms. The molecule has 1 aromatic rings. The highest BCUT2D eigenvalue weighted by Gasteiger charge is 2.27. The minimum absolute atomic E-state index is 0.0452. The van der Waals surface area contributed by atoms with Crippen molar-refractivity contribution in [2.75, 3.05) is 6.54 Å². The quantitative estimate of drug-likeness (QED) is 0.587. The van der Waals surface area contributed by atoms with Crippen LogP contribution in [0.4, 0.5) is 0 Å². The van der Waals surface area contributed by atoms with Crippen molar-refractivity contribution < 1.29 is 9.59 Å². The average molecular weight is 321 g/mol. The van der Waals surface area contributed by atoms with Crippen LogP contribution in [0.25, 0.3) is 0 Å². The van der Waals surface area contributed by atoms with Gasteiger partial charge in [-0.1, -0.05) is 0 Å². The average Bonchev–Trinajstić information content (AvgIpc) is 2.73. The molecule has 5 heteroatoms. The molecule has 3 nitrogen and oxygen atoms in total. The highest BCUT2D eigenvalue weighted by molar-refractivity contribution is 14.1. The van der Waals surface area contributed by atoms with E-state index >= 15 is 0 Å². The Morgan fingerprint density at radius 2 is 2.36 bits per heavy atom. The summed E-state index contributed by atoms with van der Waals surface area (Å²) in [6.07, 6.45) is 1.30. The number of rotatable bonds is 1. The Hall–Kier alpha value is -0.430. The maximum Gasteiger partial charge on any atom is 0.261 e. The Bertz CT molecular complexity index is 388. The monoisotopic (exact) mass is 321 g/mol. The van der Waals surface area contributed by atoms with Crippen molar-refractivity contribution in [1.29, 1.82) is 0 Å². The first kappa shape index (κ1) is 10.1. The van der Waals surface area contributed by atoms with Crippen molar-refractivity contribution in [2.24, 2.45) is 0 Å². The van der Waals surface area contributed by atoms with Gasteiger partial charge in [-0.2, -0.15) is 0 Å². The standard InChI is InChI=1S/C9H8INO2S/c10-7-4-6(5-14-7)9(13)11-3-1-2-8(11)12/h4-5H,1-3H2. The molecular weight excluding hydrogens is 313 g/mol. The summed E-state index contributed by atoms with van der Waals surface area (Å²) in [4.78, 5) is 24.4. The number of carbonyl (C=O) groups excluding carboxylic acids is 2. The normalized spacial score (nSPS) is 16.4. The van der Waals surface area contributed by atoms with Gasteiger partial charge in [0, 0.05) is 18.3 Å². The summed E-state index contributed by atoms with van der Waals surface area (Å²) in [5.41, 5.74) is 0.634. The summed E-state index contributed by atoms with van der Waals surface area (Å²) in [6, 6.07) is 1.82. The summed E-state index contributed by atoms with van der Waals surface area (Å²) >= 11 is 3.69. The van der Waals surface area contributed by atoms with Crippen molar-refractivity contribution in [2.45, 2.75) is 12.8 Å². The number of imide groups is 1. The molecule has 2 rings (SSSR count). The van der Waals surface area contributed by atoms with Gasteiger partial charge in [-0.05, 0) is 35.1 Å². The molecule has 0 unspecified atom stereocenters. The second-order valence-electron chi connectivity index (χ2n) is 3.09. The number of halogens is 1. The second-order valence-corrected chi connectivity index (χ2v) is 5.90. The molecule has 74 valence electrons. The number of carbonyl (C=O) groups is 2. The number of likely N-dealkylation sites (tertiary alicyclic amines) is 1. The van der Waals surface area contributed by atoms with Gasteiger partial charge in [0.15, 0.2) is 0 Å². The SMILES string of the molecule is O=C1CCCN1C(=O)c1csc(I)c1. The third-order valence-corrected chi connectivity index (χ3v) is 3.92. The number of thiophene rings is 1. The molecule has 2 amide bonds. The van der Waals surface area contributed by atoms with Gasteiger partial charge in [-0.3, -0.25) is 14.5 Å². The fourth-order valence-electron chi connectivity index (χ4n) is 1.44. The maximum absolute atomic E-state index is 11.8. The molecule has 0 bridgehead atoms. The van der Waals surface area contributed by atoms with E-state index in [1.807, 2.05) is 6.07 Å². The molecule has 0 aliphatic carbocycles. The third-order valence-electron chi connectivity index (χ3n) is 2.13. The summed E-state index contributed by atoms with van der Waals surface area (Å²) in [7, 11) is 0. The Morgan fingerprint density at radius 3 is 2.86 bits per heavy atom. The summed E-state index contributed by atoms with van der Waals surface area (Å²) in [5, 5.41) is 1.80. The van der Waals surface area contributed by atoms with Crippen LogP contribution < -0.4 is 0 Å². The molecule has 0 saturated carbocycles. The first-order valence-corrected chi connectivity index (χ1v) is 6.23. The molecule has 1 saturated heterocycles. The minimum atomic E-state index is -0.147. The minimum Gasteiger partial charge on any atom is -0.278 e. The van der Waals surface area contributed by atoms with Crippen LogP contribution in [-0.4, -0.2) is 23.3 Å². The summed E-state index contributed by atoms with van der Waals surface area (Å²) < 4.78 is 1.07. The zero-order valence-electron chi connectivity index (χ0n) is 7.33. The summed E-state index contributed by atoms with van der Waals surface area (Å²) in [5.74, 6) is -0.192. The highest BCUT2D eigenvalue weighted by atomic mass is 127. The topological polar surface area (TPSA) is 37.4 Å². The molecular formula is C9H8INO2S. The Labute approximate surface area is 99.2 Å². The van der Waals surface area contributed by atoms with E-state index in [4.69, 9.17) is 0 Å². The smallest absolute Gasteiger partial charge is 0.261 e. The predicted molar refractivity (Wildman–Crippen MR) is 62.3 cm³/mol. The van der Waals surface area contributed by atoms with E-state index in [1.54, 1.807) is 5.38 Å². The van der Waals surface area contributed by atoms with Crippen LogP contribution in [0.15, 0.2) is 11.4 Å². The number of hydrogen-bond acceptors (Lipinski definition) is 3. The second kappa shape index (κ2) is 3.98. The van der Waals surface area contributed by atoms with Crippen LogP contribution in [0.2, 0.25) is 0 Å². The largest absolute Gasteiger partial charge is 0.278 e. The lowest BCUT2D eigenvalue weighted by atomic mass is 10.3. The van der Waals surface area contributed by atoms with E-state index < -0.39 is 0 Å². The van der Waals surface area contributed by atoms with Crippen LogP contribution in [0.3, 0.4) is 0 Å². The highest BCUT2D eigenvalue weighted by Crippen LogP contribution is 2.20. The van der Waals surface area contributed by atoms with E-state index in [1.165, 1.54) is 16.2 Å². The fourth-order valence-corrected chi connectivity index (χ4v) is 2.76. The van der Waals surface area contributed by atoms with Gasteiger partial charge in [-0.25, -0.2) is 0 Å². The van der Waals surface area contributed by atoms with E-state index in [-0.39, 0.29) is 11.8 Å². The molecule has 0 radical (unpaired) electrons. The van der Waals surface area contributed by atoms with Crippen molar-refractivity contribution in [3.05, 3.63) is 19.9 Å². The first-order chi connectivity index (χ1) is 6.68. The van der Waals surface area contributed by atoms with Crippen molar-refractivity contribution in [3.63, 3.8) is 0 Å². The van der Waals surface area contributed by atoms with Crippen LogP contribution in [0.1, 0.15) is 23.2 Å². The molecule has 1 aromatic heterocycles. The van der Waals surface area contributed by atoms with Crippen molar-refractivity contribution in [1.82, 2.24) is 4.90 Å². The Morgan fingerprint density at radius 1 is 1.57 bits per heavy atom. The molecule has 0 N–H and O–H groups in total. The lowest BCUT2D eigenvalue weighted by Crippen LogP contribution is -2.31. The van der Waals surface area contributed by atoms with E-state index in [0.717, 1.165) is 9.30 Å². The van der Waals surface area contributed by atoms with Gasteiger partial charge in [0.2, 0.25) is 5.91 Å². The Balaban J connectivity index is 2.19. The van der Waals surface area contributed by atoms with Crippen molar-refractivity contribution >= 4 is 45.7 Å². The molecule has 0 aromatic carbocycles. The van der Waals surface area contributed by atoms with Gasteiger partial charge in [0.25, 0.3) is 5.91 Å². The molecule has 2 heterocycles. The number of nitrogens with zero attached hydrogens (tertiary/aromatic N) is 1. The fraction of sp³-hybridized carbons (Fsp3) is 0.333. The van der Waals surface area contributed by atoms with E-state index in [0.29, 0.717) is 18.5 Å². The van der Waals surface area contributed by atoms with Crippen LogP contribution in [0.5, 0.6) is 0 Å².